The van der Waals surface area contributed by atoms with E-state index in [-0.39, 0.29) is 0 Å². The lowest BCUT2D eigenvalue weighted by Crippen LogP contribution is -1.95. The minimum absolute atomic E-state index is 0.603. The zero-order valence-corrected chi connectivity index (χ0v) is 11.9. The van der Waals surface area contributed by atoms with Crippen LogP contribution in [-0.4, -0.2) is 15.0 Å². The second-order valence-corrected chi connectivity index (χ2v) is 5.36. The summed E-state index contributed by atoms with van der Waals surface area (Å²) in [5.41, 5.74) is 2.15. The molecular formula is C15H14N4S. The molecule has 0 aliphatic rings. The van der Waals surface area contributed by atoms with Gasteiger partial charge in [0.1, 0.15) is 0 Å². The van der Waals surface area contributed by atoms with Gasteiger partial charge in [0.05, 0.1) is 9.88 Å². The second kappa shape index (κ2) is 5.79. The van der Waals surface area contributed by atoms with Crippen molar-refractivity contribution in [2.75, 3.05) is 5.32 Å². The smallest absolute Gasteiger partial charge is 0.227 e. The molecule has 0 bridgehead atoms. The van der Waals surface area contributed by atoms with Crippen LogP contribution in [0.5, 0.6) is 0 Å². The van der Waals surface area contributed by atoms with Crippen molar-refractivity contribution in [3.8, 4) is 10.4 Å². The van der Waals surface area contributed by atoms with Crippen molar-refractivity contribution in [1.29, 1.82) is 0 Å². The van der Waals surface area contributed by atoms with Crippen molar-refractivity contribution in [2.45, 2.75) is 13.3 Å². The van der Waals surface area contributed by atoms with E-state index in [9.17, 15) is 0 Å². The van der Waals surface area contributed by atoms with Crippen molar-refractivity contribution >= 4 is 23.0 Å². The highest BCUT2D eigenvalue weighted by atomic mass is 32.1. The number of anilines is 2. The summed E-state index contributed by atoms with van der Waals surface area (Å²) in [6.45, 7) is 2.12. The molecule has 3 aromatic rings. The number of hydrogen-bond donors (Lipinski definition) is 1. The highest BCUT2D eigenvalue weighted by Crippen LogP contribution is 2.27. The number of nitrogens with one attached hydrogen (secondary N) is 1. The highest BCUT2D eigenvalue weighted by Gasteiger charge is 2.03. The van der Waals surface area contributed by atoms with Crippen LogP contribution < -0.4 is 5.32 Å². The van der Waals surface area contributed by atoms with Crippen molar-refractivity contribution in [2.24, 2.45) is 0 Å². The molecule has 2 heterocycles. The largest absolute Gasteiger partial charge is 0.324 e. The Kier molecular flexibility index (Phi) is 3.69. The summed E-state index contributed by atoms with van der Waals surface area (Å²) in [5, 5.41) is 4.33. The molecule has 2 aromatic heterocycles. The molecule has 20 heavy (non-hydrogen) atoms. The van der Waals surface area contributed by atoms with Gasteiger partial charge in [-0.2, -0.15) is 0 Å². The van der Waals surface area contributed by atoms with Crippen LogP contribution in [0.4, 0.5) is 11.6 Å². The van der Waals surface area contributed by atoms with Crippen LogP contribution in [-0.2, 0) is 6.42 Å². The second-order valence-electron chi connectivity index (χ2n) is 4.25. The maximum absolute atomic E-state index is 4.38. The summed E-state index contributed by atoms with van der Waals surface area (Å²) in [4.78, 5) is 13.9. The average molecular weight is 282 g/mol. The van der Waals surface area contributed by atoms with Crippen LogP contribution in [0, 0.1) is 0 Å². The standard InChI is InChI=1S/C15H14N4S/c1-2-14-18-10-13(20-14)11-4-6-12(7-5-11)19-15-16-8-3-9-17-15/h3-10H,2H2,1H3,(H,16,17,19). The number of benzene rings is 1. The molecule has 0 unspecified atom stereocenters. The summed E-state index contributed by atoms with van der Waals surface area (Å²) >= 11 is 1.74. The van der Waals surface area contributed by atoms with E-state index < -0.39 is 0 Å². The molecule has 5 heteroatoms. The van der Waals surface area contributed by atoms with E-state index in [1.807, 2.05) is 18.3 Å². The Morgan fingerprint density at radius 1 is 1.05 bits per heavy atom. The highest BCUT2D eigenvalue weighted by molar-refractivity contribution is 7.15. The van der Waals surface area contributed by atoms with E-state index in [4.69, 9.17) is 0 Å². The van der Waals surface area contributed by atoms with Gasteiger partial charge >= 0.3 is 0 Å². The quantitative estimate of drug-likeness (QED) is 0.788. The normalized spacial score (nSPS) is 10.4. The van der Waals surface area contributed by atoms with E-state index in [1.165, 1.54) is 15.4 Å². The first-order chi connectivity index (χ1) is 9.85. The summed E-state index contributed by atoms with van der Waals surface area (Å²) < 4.78 is 0. The summed E-state index contributed by atoms with van der Waals surface area (Å²) in [7, 11) is 0. The predicted octanol–water partition coefficient (Wildman–Crippen LogP) is 3.91. The van der Waals surface area contributed by atoms with Gasteiger partial charge in [0, 0.05) is 24.3 Å². The van der Waals surface area contributed by atoms with Crippen LogP contribution in [0.15, 0.2) is 48.9 Å². The van der Waals surface area contributed by atoms with Crippen molar-refractivity contribution in [1.82, 2.24) is 15.0 Å². The third-order valence-electron chi connectivity index (χ3n) is 2.85. The Hall–Kier alpha value is -2.27. The summed E-state index contributed by atoms with van der Waals surface area (Å²) in [6, 6.07) is 10.0. The van der Waals surface area contributed by atoms with Crippen LogP contribution in [0.2, 0.25) is 0 Å². The third-order valence-corrected chi connectivity index (χ3v) is 4.04. The number of aryl methyl sites for hydroxylation is 1. The molecule has 0 aliphatic carbocycles. The number of thiazole rings is 1. The van der Waals surface area contributed by atoms with Gasteiger partial charge < -0.3 is 5.32 Å². The molecule has 0 saturated carbocycles. The number of rotatable bonds is 4. The molecule has 100 valence electrons. The number of aromatic nitrogens is 3. The Bertz CT molecular complexity index is 677. The van der Waals surface area contributed by atoms with Crippen LogP contribution >= 0.6 is 11.3 Å². The molecular weight excluding hydrogens is 268 g/mol. The maximum Gasteiger partial charge on any atom is 0.227 e. The molecule has 4 nitrogen and oxygen atoms in total. The summed E-state index contributed by atoms with van der Waals surface area (Å²) in [5.74, 6) is 0.603. The van der Waals surface area contributed by atoms with Gasteiger partial charge in [0.2, 0.25) is 5.95 Å². The maximum atomic E-state index is 4.38. The first-order valence-corrected chi connectivity index (χ1v) is 7.26. The fraction of sp³-hybridized carbons (Fsp3) is 0.133. The Balaban J connectivity index is 1.77. The third kappa shape index (κ3) is 2.83. The van der Waals surface area contributed by atoms with E-state index in [1.54, 1.807) is 29.8 Å². The van der Waals surface area contributed by atoms with Gasteiger partial charge in [-0.25, -0.2) is 15.0 Å². The zero-order valence-electron chi connectivity index (χ0n) is 11.1. The molecule has 1 aromatic carbocycles. The number of nitrogens with zero attached hydrogens (tertiary/aromatic N) is 3. The SMILES string of the molecule is CCc1ncc(-c2ccc(Nc3ncccn3)cc2)s1. The van der Waals surface area contributed by atoms with Gasteiger partial charge in [0.15, 0.2) is 0 Å². The Morgan fingerprint density at radius 2 is 1.80 bits per heavy atom. The van der Waals surface area contributed by atoms with E-state index in [2.05, 4.69) is 39.3 Å². The summed E-state index contributed by atoms with van der Waals surface area (Å²) in [6.07, 6.45) is 6.35. The molecule has 0 atom stereocenters. The molecule has 1 N–H and O–H groups in total. The van der Waals surface area contributed by atoms with Crippen molar-refractivity contribution < 1.29 is 0 Å². The fourth-order valence-corrected chi connectivity index (χ4v) is 2.68. The lowest BCUT2D eigenvalue weighted by molar-refractivity contribution is 1.09. The lowest BCUT2D eigenvalue weighted by atomic mass is 10.2. The minimum Gasteiger partial charge on any atom is -0.324 e. The molecule has 0 radical (unpaired) electrons. The predicted molar refractivity (Wildman–Crippen MR) is 82.2 cm³/mol. The Labute approximate surface area is 121 Å². The van der Waals surface area contributed by atoms with Crippen molar-refractivity contribution in [3.05, 3.63) is 53.9 Å². The monoisotopic (exact) mass is 282 g/mol. The first kappa shape index (κ1) is 12.7. The minimum atomic E-state index is 0.603. The Morgan fingerprint density at radius 3 is 2.45 bits per heavy atom. The lowest BCUT2D eigenvalue weighted by Gasteiger charge is -2.04. The molecule has 0 fully saturated rings. The average Bonchev–Trinajstić information content (AvgIpc) is 2.98. The molecule has 0 amide bonds. The molecule has 0 aliphatic heterocycles. The molecule has 0 saturated heterocycles. The van der Waals surface area contributed by atoms with Gasteiger partial charge in [0.25, 0.3) is 0 Å². The van der Waals surface area contributed by atoms with Crippen molar-refractivity contribution in [3.63, 3.8) is 0 Å². The fourth-order valence-electron chi connectivity index (χ4n) is 1.82. The van der Waals surface area contributed by atoms with Gasteiger partial charge in [-0.15, -0.1) is 11.3 Å². The van der Waals surface area contributed by atoms with Crippen LogP contribution in [0.25, 0.3) is 10.4 Å². The van der Waals surface area contributed by atoms with Crippen LogP contribution in [0.1, 0.15) is 11.9 Å². The van der Waals surface area contributed by atoms with Gasteiger partial charge in [-0.05, 0) is 30.2 Å². The molecule has 3 rings (SSSR count). The van der Waals surface area contributed by atoms with Gasteiger partial charge in [-0.3, -0.25) is 0 Å². The topological polar surface area (TPSA) is 50.7 Å². The van der Waals surface area contributed by atoms with Gasteiger partial charge in [-0.1, -0.05) is 19.1 Å². The van der Waals surface area contributed by atoms with Crippen LogP contribution in [0.3, 0.4) is 0 Å². The van der Waals surface area contributed by atoms with E-state index in [0.717, 1.165) is 12.1 Å². The van der Waals surface area contributed by atoms with E-state index in [0.29, 0.717) is 5.95 Å². The first-order valence-electron chi connectivity index (χ1n) is 6.44. The van der Waals surface area contributed by atoms with E-state index >= 15 is 0 Å². The number of hydrogen-bond acceptors (Lipinski definition) is 5. The molecule has 0 spiro atoms. The zero-order chi connectivity index (χ0) is 13.8.